The first-order chi connectivity index (χ1) is 20.7. The molecule has 0 saturated carbocycles. The average molecular weight is 629 g/mol. The zero-order chi connectivity index (χ0) is 30.0. The van der Waals surface area contributed by atoms with E-state index in [2.05, 4.69) is 20.2 Å². The highest BCUT2D eigenvalue weighted by Gasteiger charge is 2.49. The number of ether oxygens (including phenoxy) is 2. The molecule has 0 spiro atoms. The summed E-state index contributed by atoms with van der Waals surface area (Å²) in [6.45, 7) is 4.06. The van der Waals surface area contributed by atoms with Gasteiger partial charge in [0.05, 0.1) is 26.2 Å². The molecule has 43 heavy (non-hydrogen) atoms. The second kappa shape index (κ2) is 10.7. The van der Waals surface area contributed by atoms with Gasteiger partial charge in [-0.15, -0.1) is 11.3 Å². The van der Waals surface area contributed by atoms with Gasteiger partial charge in [-0.3, -0.25) is 4.90 Å². The van der Waals surface area contributed by atoms with Gasteiger partial charge < -0.3 is 20.5 Å². The molecule has 3 saturated heterocycles. The predicted molar refractivity (Wildman–Crippen MR) is 159 cm³/mol. The van der Waals surface area contributed by atoms with Crippen LogP contribution >= 0.6 is 22.9 Å². The SMILES string of the molecule is C[C@H]1NCC[C@@H]1Oc1nc(OC[C@@]23CCCN2C[C@H](F)C3)nc2c(F)c(-c3ccc(F)c4sc(N)c(C#N)c34)c(Cl)cc12. The molecule has 0 unspecified atom stereocenters. The number of nitriles is 1. The lowest BCUT2D eigenvalue weighted by molar-refractivity contribution is 0.106. The van der Waals surface area contributed by atoms with Crippen LogP contribution in [-0.4, -0.2) is 65.0 Å². The van der Waals surface area contributed by atoms with Gasteiger partial charge in [0.1, 0.15) is 41.3 Å². The van der Waals surface area contributed by atoms with Crippen LogP contribution in [0.4, 0.5) is 18.2 Å². The van der Waals surface area contributed by atoms with Crippen LogP contribution in [0, 0.1) is 23.0 Å². The van der Waals surface area contributed by atoms with Crippen LogP contribution in [0.2, 0.25) is 5.02 Å². The fourth-order valence-electron chi connectivity index (χ4n) is 6.85. The molecule has 0 bridgehead atoms. The topological polar surface area (TPSA) is 109 Å². The van der Waals surface area contributed by atoms with E-state index in [9.17, 15) is 14.0 Å². The number of hydrogen-bond acceptors (Lipinski definition) is 9. The molecule has 0 aliphatic carbocycles. The molecule has 3 aliphatic rings. The lowest BCUT2D eigenvalue weighted by Gasteiger charge is -2.30. The van der Waals surface area contributed by atoms with E-state index in [1.165, 1.54) is 18.2 Å². The molecule has 13 heteroatoms. The Kier molecular flexibility index (Phi) is 7.04. The van der Waals surface area contributed by atoms with Crippen molar-refractivity contribution in [1.29, 1.82) is 5.26 Å². The highest BCUT2D eigenvalue weighted by Crippen LogP contribution is 2.46. The predicted octanol–water partition coefficient (Wildman–Crippen LogP) is 5.98. The molecule has 7 rings (SSSR count). The Bertz CT molecular complexity index is 1820. The Balaban J connectivity index is 1.37. The second-order valence-corrected chi connectivity index (χ2v) is 13.0. The van der Waals surface area contributed by atoms with Gasteiger partial charge in [0.2, 0.25) is 5.88 Å². The van der Waals surface area contributed by atoms with Crippen molar-refractivity contribution >= 4 is 48.9 Å². The molecular formula is C30H28ClF3N6O2S. The van der Waals surface area contributed by atoms with E-state index in [0.29, 0.717) is 13.0 Å². The number of alkyl halides is 1. The number of rotatable bonds is 6. The molecule has 224 valence electrons. The maximum atomic E-state index is 16.7. The van der Waals surface area contributed by atoms with Gasteiger partial charge in [0.25, 0.3) is 0 Å². The first-order valence-corrected chi connectivity index (χ1v) is 15.4. The van der Waals surface area contributed by atoms with Crippen LogP contribution < -0.4 is 20.5 Å². The second-order valence-electron chi connectivity index (χ2n) is 11.6. The first kappa shape index (κ1) is 28.4. The molecule has 2 aromatic heterocycles. The van der Waals surface area contributed by atoms with Crippen molar-refractivity contribution < 1.29 is 22.6 Å². The first-order valence-electron chi connectivity index (χ1n) is 14.2. The number of nitrogens with two attached hydrogens (primary N) is 1. The number of aromatic nitrogens is 2. The van der Waals surface area contributed by atoms with Crippen molar-refractivity contribution in [3.63, 3.8) is 0 Å². The Morgan fingerprint density at radius 1 is 1.33 bits per heavy atom. The van der Waals surface area contributed by atoms with E-state index in [-0.39, 0.29) is 78.3 Å². The third-order valence-corrected chi connectivity index (χ3v) is 10.3. The van der Waals surface area contributed by atoms with Gasteiger partial charge in [0.15, 0.2) is 5.82 Å². The number of nitrogen functional groups attached to an aromatic ring is 1. The Morgan fingerprint density at radius 2 is 2.16 bits per heavy atom. The van der Waals surface area contributed by atoms with Crippen LogP contribution in [0.25, 0.3) is 32.1 Å². The number of halogens is 4. The van der Waals surface area contributed by atoms with Gasteiger partial charge >= 0.3 is 6.01 Å². The summed E-state index contributed by atoms with van der Waals surface area (Å²) in [5.41, 5.74) is 5.66. The molecule has 2 aromatic carbocycles. The summed E-state index contributed by atoms with van der Waals surface area (Å²) in [5.74, 6) is -1.26. The largest absolute Gasteiger partial charge is 0.472 e. The van der Waals surface area contributed by atoms with Gasteiger partial charge in [-0.1, -0.05) is 17.7 Å². The minimum absolute atomic E-state index is 0.00622. The number of fused-ring (bicyclic) bond motifs is 3. The third-order valence-electron chi connectivity index (χ3n) is 8.97. The molecule has 3 aliphatic heterocycles. The quantitative estimate of drug-likeness (QED) is 0.268. The Hall–Kier alpha value is -3.37. The number of nitrogens with one attached hydrogen (secondary N) is 1. The number of hydrogen-bond donors (Lipinski definition) is 2. The summed E-state index contributed by atoms with van der Waals surface area (Å²) in [6, 6.07) is 6.03. The van der Waals surface area contributed by atoms with Crippen LogP contribution in [0.15, 0.2) is 18.2 Å². The molecular weight excluding hydrogens is 601 g/mol. The molecule has 8 nitrogen and oxygen atoms in total. The Morgan fingerprint density at radius 3 is 2.93 bits per heavy atom. The molecule has 0 amide bonds. The van der Waals surface area contributed by atoms with E-state index in [1.54, 1.807) is 0 Å². The van der Waals surface area contributed by atoms with E-state index in [4.69, 9.17) is 26.8 Å². The van der Waals surface area contributed by atoms with E-state index < -0.39 is 23.3 Å². The molecule has 4 aromatic rings. The van der Waals surface area contributed by atoms with Crippen LogP contribution in [0.5, 0.6) is 11.9 Å². The van der Waals surface area contributed by atoms with Crippen molar-refractivity contribution in [2.45, 2.75) is 56.5 Å². The summed E-state index contributed by atoms with van der Waals surface area (Å²) in [5, 5.41) is 13.7. The van der Waals surface area contributed by atoms with E-state index in [1.807, 2.05) is 13.0 Å². The molecule has 4 atom stereocenters. The fourth-order valence-corrected chi connectivity index (χ4v) is 8.09. The van der Waals surface area contributed by atoms with Gasteiger partial charge in [-0.05, 0) is 57.0 Å². The Labute approximate surface area is 254 Å². The zero-order valence-corrected chi connectivity index (χ0v) is 24.8. The van der Waals surface area contributed by atoms with Crippen molar-refractivity contribution in [3.8, 4) is 29.1 Å². The van der Waals surface area contributed by atoms with Crippen molar-refractivity contribution in [3.05, 3.63) is 40.4 Å². The van der Waals surface area contributed by atoms with Gasteiger partial charge in [0, 0.05) is 30.0 Å². The normalized spacial score (nSPS) is 25.4. The lowest BCUT2D eigenvalue weighted by Crippen LogP contribution is -2.43. The molecule has 3 N–H and O–H groups in total. The summed E-state index contributed by atoms with van der Waals surface area (Å²) < 4.78 is 58.3. The van der Waals surface area contributed by atoms with E-state index >= 15 is 4.39 Å². The minimum atomic E-state index is -0.934. The number of thiophene rings is 1. The zero-order valence-electron chi connectivity index (χ0n) is 23.2. The van der Waals surface area contributed by atoms with Crippen molar-refractivity contribution in [2.75, 3.05) is 32.0 Å². The smallest absolute Gasteiger partial charge is 0.320 e. The molecule has 5 heterocycles. The number of anilines is 1. The van der Waals surface area contributed by atoms with E-state index in [0.717, 1.165) is 43.7 Å². The lowest BCUT2D eigenvalue weighted by atomic mass is 9.95. The van der Waals surface area contributed by atoms with Crippen molar-refractivity contribution in [2.24, 2.45) is 0 Å². The van der Waals surface area contributed by atoms with Crippen molar-refractivity contribution in [1.82, 2.24) is 20.2 Å². The standard InChI is InChI=1S/C30H28ClF3N6O2S/c1-14-21(5-7-37-14)42-28-17-9-19(31)23(16-3-4-20(33)26-22(16)18(11-35)27(36)43-26)24(34)25(17)38-29(39-28)41-13-30-6-2-8-40(30)12-15(32)10-30/h3-4,9,14-15,21,37H,2,5-8,10,12-13,36H2,1H3/t14-,15-,21+,30+/m1/s1. The fraction of sp³-hybridized carbons (Fsp3) is 0.433. The van der Waals surface area contributed by atoms with Crippen LogP contribution in [-0.2, 0) is 0 Å². The number of nitrogens with zero attached hydrogens (tertiary/aromatic N) is 4. The minimum Gasteiger partial charge on any atom is -0.472 e. The number of benzene rings is 2. The van der Waals surface area contributed by atoms with Crippen LogP contribution in [0.1, 0.15) is 38.2 Å². The summed E-state index contributed by atoms with van der Waals surface area (Å²) in [7, 11) is 0. The van der Waals surface area contributed by atoms with Crippen LogP contribution in [0.3, 0.4) is 0 Å². The van der Waals surface area contributed by atoms with Gasteiger partial charge in [-0.25, -0.2) is 13.2 Å². The summed E-state index contributed by atoms with van der Waals surface area (Å²) in [4.78, 5) is 11.1. The monoisotopic (exact) mass is 628 g/mol. The summed E-state index contributed by atoms with van der Waals surface area (Å²) in [6.07, 6.45) is 1.63. The highest BCUT2D eigenvalue weighted by molar-refractivity contribution is 7.23. The third kappa shape index (κ3) is 4.65. The maximum absolute atomic E-state index is 16.7. The van der Waals surface area contributed by atoms with Gasteiger partial charge in [-0.2, -0.15) is 15.2 Å². The molecule has 3 fully saturated rings. The highest BCUT2D eigenvalue weighted by atomic mass is 35.5. The maximum Gasteiger partial charge on any atom is 0.320 e. The average Bonchev–Trinajstić information content (AvgIpc) is 3.72. The summed E-state index contributed by atoms with van der Waals surface area (Å²) >= 11 is 7.64. The molecule has 0 radical (unpaired) electrons.